The topological polar surface area (TPSA) is 52.3 Å². The fraction of sp³-hybridized carbons (Fsp3) is 0.929. The van der Waals surface area contributed by atoms with E-state index in [4.69, 9.17) is 10.5 Å². The molecule has 2 aliphatic carbocycles. The van der Waals surface area contributed by atoms with E-state index < -0.39 is 0 Å². The van der Waals surface area contributed by atoms with Gasteiger partial charge >= 0.3 is 5.97 Å². The second kappa shape index (κ2) is 5.85. The Morgan fingerprint density at radius 1 is 1.06 bits per heavy atom. The predicted molar refractivity (Wildman–Crippen MR) is 67.6 cm³/mol. The van der Waals surface area contributed by atoms with Crippen molar-refractivity contribution in [2.75, 3.05) is 0 Å². The van der Waals surface area contributed by atoms with E-state index in [0.29, 0.717) is 6.42 Å². The molecule has 0 spiro atoms. The lowest BCUT2D eigenvalue weighted by molar-refractivity contribution is -0.152. The van der Waals surface area contributed by atoms with Gasteiger partial charge in [0.1, 0.15) is 6.10 Å². The van der Waals surface area contributed by atoms with Crippen molar-refractivity contribution in [3.63, 3.8) is 0 Å². The summed E-state index contributed by atoms with van der Waals surface area (Å²) in [6, 6.07) is 0. The zero-order valence-electron chi connectivity index (χ0n) is 10.7. The summed E-state index contributed by atoms with van der Waals surface area (Å²) in [6.07, 6.45) is 11.9. The van der Waals surface area contributed by atoms with Gasteiger partial charge in [-0.2, -0.15) is 0 Å². The summed E-state index contributed by atoms with van der Waals surface area (Å²) in [6.45, 7) is 0. The van der Waals surface area contributed by atoms with Crippen LogP contribution in [0.2, 0.25) is 0 Å². The van der Waals surface area contributed by atoms with E-state index in [1.807, 2.05) is 0 Å². The Balaban J connectivity index is 1.75. The zero-order chi connectivity index (χ0) is 12.1. The van der Waals surface area contributed by atoms with E-state index in [0.717, 1.165) is 38.5 Å². The minimum atomic E-state index is -0.274. The van der Waals surface area contributed by atoms with Crippen LogP contribution >= 0.6 is 0 Å². The largest absolute Gasteiger partial charge is 0.462 e. The van der Waals surface area contributed by atoms with Crippen LogP contribution in [0.5, 0.6) is 0 Å². The molecule has 0 bridgehead atoms. The molecule has 0 radical (unpaired) electrons. The molecule has 98 valence electrons. The Labute approximate surface area is 104 Å². The minimum Gasteiger partial charge on any atom is -0.462 e. The van der Waals surface area contributed by atoms with Crippen LogP contribution in [0.3, 0.4) is 0 Å². The lowest BCUT2D eigenvalue weighted by atomic mass is 9.80. The summed E-state index contributed by atoms with van der Waals surface area (Å²) in [7, 11) is 0. The Morgan fingerprint density at radius 3 is 2.29 bits per heavy atom. The molecule has 0 aromatic carbocycles. The number of carbonyl (C=O) groups excluding carboxylic acids is 1. The molecule has 0 unspecified atom stereocenters. The van der Waals surface area contributed by atoms with E-state index in [1.165, 1.54) is 25.7 Å². The van der Waals surface area contributed by atoms with Crippen LogP contribution in [0.1, 0.15) is 70.6 Å². The summed E-state index contributed by atoms with van der Waals surface area (Å²) in [5.41, 5.74) is 5.99. The Hall–Kier alpha value is -0.570. The first-order valence-electron chi connectivity index (χ1n) is 7.16. The monoisotopic (exact) mass is 239 g/mol. The first-order chi connectivity index (χ1) is 8.18. The van der Waals surface area contributed by atoms with Gasteiger partial charge in [-0.15, -0.1) is 0 Å². The molecule has 3 heteroatoms. The lowest BCUT2D eigenvalue weighted by Crippen LogP contribution is -2.44. The number of nitrogens with two attached hydrogens (primary N) is 1. The average molecular weight is 239 g/mol. The molecule has 2 saturated carbocycles. The van der Waals surface area contributed by atoms with Crippen molar-refractivity contribution in [3.05, 3.63) is 0 Å². The van der Waals surface area contributed by atoms with Crippen LogP contribution in [0, 0.1) is 0 Å². The average Bonchev–Trinajstić information content (AvgIpc) is 2.30. The normalized spacial score (nSPS) is 25.5. The molecule has 0 saturated heterocycles. The lowest BCUT2D eigenvalue weighted by Gasteiger charge is -2.33. The maximum absolute atomic E-state index is 11.9. The molecule has 0 heterocycles. The predicted octanol–water partition coefficient (Wildman–Crippen LogP) is 2.91. The highest BCUT2D eigenvalue weighted by atomic mass is 16.5. The standard InChI is InChI=1S/C14H25NO2/c15-14(9-5-2-6-10-14)11-13(16)17-12-7-3-1-4-8-12/h12H,1-11,15H2. The van der Waals surface area contributed by atoms with E-state index in [1.54, 1.807) is 0 Å². The van der Waals surface area contributed by atoms with Crippen LogP contribution in [0.15, 0.2) is 0 Å². The molecule has 2 fully saturated rings. The molecule has 17 heavy (non-hydrogen) atoms. The summed E-state index contributed by atoms with van der Waals surface area (Å²) < 4.78 is 5.54. The quantitative estimate of drug-likeness (QED) is 0.770. The van der Waals surface area contributed by atoms with E-state index in [-0.39, 0.29) is 17.6 Å². The summed E-state index contributed by atoms with van der Waals surface area (Å²) in [4.78, 5) is 11.9. The van der Waals surface area contributed by atoms with Gasteiger partial charge in [0.05, 0.1) is 6.42 Å². The number of esters is 1. The van der Waals surface area contributed by atoms with Gasteiger partial charge in [-0.1, -0.05) is 25.7 Å². The van der Waals surface area contributed by atoms with E-state index >= 15 is 0 Å². The zero-order valence-corrected chi connectivity index (χ0v) is 10.7. The van der Waals surface area contributed by atoms with Crippen molar-refractivity contribution in [1.82, 2.24) is 0 Å². The van der Waals surface area contributed by atoms with Crippen LogP contribution in [-0.2, 0) is 9.53 Å². The second-order valence-electron chi connectivity index (χ2n) is 5.85. The van der Waals surface area contributed by atoms with Crippen molar-refractivity contribution in [1.29, 1.82) is 0 Å². The molecule has 2 N–H and O–H groups in total. The SMILES string of the molecule is NC1(CC(=O)OC2CCCCC2)CCCCC1. The van der Waals surface area contributed by atoms with Gasteiger partial charge in [0.2, 0.25) is 0 Å². The fourth-order valence-corrected chi connectivity index (χ4v) is 3.13. The van der Waals surface area contributed by atoms with Gasteiger partial charge in [-0.3, -0.25) is 4.79 Å². The Kier molecular flexibility index (Phi) is 4.43. The highest BCUT2D eigenvalue weighted by Crippen LogP contribution is 2.29. The second-order valence-corrected chi connectivity index (χ2v) is 5.85. The molecule has 2 aliphatic rings. The van der Waals surface area contributed by atoms with Crippen LogP contribution < -0.4 is 5.73 Å². The molecule has 0 aromatic rings. The minimum absolute atomic E-state index is 0.0682. The number of ether oxygens (including phenoxy) is 1. The summed E-state index contributed by atoms with van der Waals surface area (Å²) in [5.74, 6) is -0.0682. The maximum Gasteiger partial charge on any atom is 0.307 e. The third-order valence-corrected chi connectivity index (χ3v) is 4.20. The molecule has 0 amide bonds. The third-order valence-electron chi connectivity index (χ3n) is 4.20. The molecular formula is C14H25NO2. The molecule has 2 rings (SSSR count). The van der Waals surface area contributed by atoms with Crippen LogP contribution in [-0.4, -0.2) is 17.6 Å². The third kappa shape index (κ3) is 3.98. The van der Waals surface area contributed by atoms with Crippen LogP contribution in [0.25, 0.3) is 0 Å². The van der Waals surface area contributed by atoms with Crippen LogP contribution in [0.4, 0.5) is 0 Å². The van der Waals surface area contributed by atoms with Gasteiger partial charge < -0.3 is 10.5 Å². The number of carbonyl (C=O) groups is 1. The van der Waals surface area contributed by atoms with Gasteiger partial charge in [0, 0.05) is 5.54 Å². The molecular weight excluding hydrogens is 214 g/mol. The number of rotatable bonds is 3. The van der Waals surface area contributed by atoms with Gasteiger partial charge in [0.25, 0.3) is 0 Å². The summed E-state index contributed by atoms with van der Waals surface area (Å²) in [5, 5.41) is 0. The maximum atomic E-state index is 11.9. The number of hydrogen-bond acceptors (Lipinski definition) is 3. The smallest absolute Gasteiger partial charge is 0.307 e. The molecule has 3 nitrogen and oxygen atoms in total. The Bertz CT molecular complexity index is 253. The highest BCUT2D eigenvalue weighted by Gasteiger charge is 2.31. The van der Waals surface area contributed by atoms with Crippen molar-refractivity contribution in [2.24, 2.45) is 5.73 Å². The van der Waals surface area contributed by atoms with Crippen molar-refractivity contribution in [3.8, 4) is 0 Å². The highest BCUT2D eigenvalue weighted by molar-refractivity contribution is 5.71. The van der Waals surface area contributed by atoms with E-state index in [9.17, 15) is 4.79 Å². The van der Waals surface area contributed by atoms with Crippen molar-refractivity contribution in [2.45, 2.75) is 82.3 Å². The van der Waals surface area contributed by atoms with Crippen molar-refractivity contribution < 1.29 is 9.53 Å². The first kappa shape index (κ1) is 12.9. The molecule has 0 aromatic heterocycles. The van der Waals surface area contributed by atoms with Gasteiger partial charge in [0.15, 0.2) is 0 Å². The molecule has 0 aliphatic heterocycles. The van der Waals surface area contributed by atoms with Gasteiger partial charge in [-0.05, 0) is 38.5 Å². The fourth-order valence-electron chi connectivity index (χ4n) is 3.13. The number of hydrogen-bond donors (Lipinski definition) is 1. The molecule has 0 atom stereocenters. The van der Waals surface area contributed by atoms with E-state index in [2.05, 4.69) is 0 Å². The Morgan fingerprint density at radius 2 is 1.65 bits per heavy atom. The van der Waals surface area contributed by atoms with Gasteiger partial charge in [-0.25, -0.2) is 0 Å². The first-order valence-corrected chi connectivity index (χ1v) is 7.16. The van der Waals surface area contributed by atoms with Crippen molar-refractivity contribution >= 4 is 5.97 Å². The summed E-state index contributed by atoms with van der Waals surface area (Å²) >= 11 is 0.